The molecule has 0 unspecified atom stereocenters. The molecule has 0 heterocycles. The predicted octanol–water partition coefficient (Wildman–Crippen LogP) is 3.68. The number of carbonyl (C=O) groups excluding carboxylic acids is 2. The van der Waals surface area contributed by atoms with Gasteiger partial charge in [-0.25, -0.2) is 4.79 Å². The van der Waals surface area contributed by atoms with Crippen molar-refractivity contribution >= 4 is 11.9 Å². The first kappa shape index (κ1) is 22.6. The van der Waals surface area contributed by atoms with Crippen LogP contribution in [0.1, 0.15) is 28.5 Å². The first-order chi connectivity index (χ1) is 15.4. The van der Waals surface area contributed by atoms with Crippen molar-refractivity contribution < 1.29 is 24.2 Å². The van der Waals surface area contributed by atoms with Crippen LogP contribution in [0.3, 0.4) is 0 Å². The Balaban J connectivity index is 2.47. The summed E-state index contributed by atoms with van der Waals surface area (Å²) in [5, 5.41) is 32.1. The zero-order chi connectivity index (χ0) is 23.5. The van der Waals surface area contributed by atoms with E-state index in [0.717, 1.165) is 19.8 Å². The molecular formula is C25H22N2O5. The number of esters is 2. The second-order valence-electron chi connectivity index (χ2n) is 7.62. The summed E-state index contributed by atoms with van der Waals surface area (Å²) in [4.78, 5) is 25.7. The highest BCUT2D eigenvalue weighted by Gasteiger charge is 2.61. The number of aryl methyl sites for hydroxylation is 1. The summed E-state index contributed by atoms with van der Waals surface area (Å²) in [6, 6.07) is 19.7. The Labute approximate surface area is 186 Å². The molecule has 7 heteroatoms. The molecule has 0 aliphatic heterocycles. The minimum Gasteiger partial charge on any atom is -0.511 e. The van der Waals surface area contributed by atoms with Gasteiger partial charge in [-0.1, -0.05) is 60.2 Å². The number of hydrogen-bond donors (Lipinski definition) is 1. The van der Waals surface area contributed by atoms with Gasteiger partial charge < -0.3 is 14.6 Å². The average Bonchev–Trinajstić information content (AvgIpc) is 2.83. The Morgan fingerprint density at radius 1 is 0.938 bits per heavy atom. The summed E-state index contributed by atoms with van der Waals surface area (Å²) in [6.07, 6.45) is 0. The molecule has 0 aromatic heterocycles. The van der Waals surface area contributed by atoms with Gasteiger partial charge in [0.1, 0.15) is 11.7 Å². The van der Waals surface area contributed by atoms with Crippen LogP contribution in [0, 0.1) is 40.9 Å². The molecule has 0 fully saturated rings. The van der Waals surface area contributed by atoms with E-state index in [9.17, 15) is 25.2 Å². The minimum atomic E-state index is -1.93. The van der Waals surface area contributed by atoms with Crippen molar-refractivity contribution in [1.82, 2.24) is 0 Å². The molecule has 3 rings (SSSR count). The van der Waals surface area contributed by atoms with Crippen LogP contribution < -0.4 is 0 Å². The SMILES string of the molecule is COC(=O)C1=C(O)[C@@H](C(=O)OC)[C@@H](c2ccccc2)C(C#N)(C#N)[C@@H]1c1ccc(C)cc1. The third kappa shape index (κ3) is 3.48. The summed E-state index contributed by atoms with van der Waals surface area (Å²) in [5.41, 5.74) is -0.343. The van der Waals surface area contributed by atoms with Gasteiger partial charge in [0.25, 0.3) is 0 Å². The Kier molecular flexibility index (Phi) is 6.32. The summed E-state index contributed by atoms with van der Waals surface area (Å²) >= 11 is 0. The molecule has 0 radical (unpaired) electrons. The summed E-state index contributed by atoms with van der Waals surface area (Å²) in [7, 11) is 2.27. The first-order valence-corrected chi connectivity index (χ1v) is 9.89. The van der Waals surface area contributed by atoms with Crippen molar-refractivity contribution in [1.29, 1.82) is 10.5 Å². The second kappa shape index (κ2) is 8.95. The molecule has 0 amide bonds. The molecule has 2 aromatic carbocycles. The fourth-order valence-corrected chi connectivity index (χ4v) is 4.45. The van der Waals surface area contributed by atoms with Crippen molar-refractivity contribution in [3.05, 3.63) is 82.6 Å². The van der Waals surface area contributed by atoms with Gasteiger partial charge in [0, 0.05) is 5.92 Å². The second-order valence-corrected chi connectivity index (χ2v) is 7.62. The van der Waals surface area contributed by atoms with Crippen LogP contribution in [0.4, 0.5) is 0 Å². The normalized spacial score (nSPS) is 21.7. The lowest BCUT2D eigenvalue weighted by molar-refractivity contribution is -0.147. The van der Waals surface area contributed by atoms with Crippen molar-refractivity contribution in [3.8, 4) is 12.1 Å². The van der Waals surface area contributed by atoms with Crippen LogP contribution in [-0.4, -0.2) is 31.3 Å². The van der Waals surface area contributed by atoms with Crippen LogP contribution in [0.25, 0.3) is 0 Å². The number of ether oxygens (including phenoxy) is 2. The molecule has 1 N–H and O–H groups in total. The molecule has 0 saturated heterocycles. The molecule has 32 heavy (non-hydrogen) atoms. The van der Waals surface area contributed by atoms with E-state index in [0.29, 0.717) is 11.1 Å². The largest absolute Gasteiger partial charge is 0.511 e. The van der Waals surface area contributed by atoms with Gasteiger partial charge in [0.15, 0.2) is 5.41 Å². The maximum absolute atomic E-state index is 12.8. The third-order valence-electron chi connectivity index (χ3n) is 5.94. The summed E-state index contributed by atoms with van der Waals surface area (Å²) in [5.74, 6) is -6.08. The van der Waals surface area contributed by atoms with E-state index in [1.165, 1.54) is 0 Å². The summed E-state index contributed by atoms with van der Waals surface area (Å²) in [6.45, 7) is 1.88. The van der Waals surface area contributed by atoms with Gasteiger partial charge in [-0.3, -0.25) is 4.79 Å². The van der Waals surface area contributed by atoms with Crippen molar-refractivity contribution in [3.63, 3.8) is 0 Å². The number of aliphatic hydroxyl groups excluding tert-OH is 1. The van der Waals surface area contributed by atoms with Gasteiger partial charge in [-0.2, -0.15) is 10.5 Å². The molecule has 1 aliphatic rings. The van der Waals surface area contributed by atoms with Crippen LogP contribution in [0.2, 0.25) is 0 Å². The highest BCUT2D eigenvalue weighted by Crippen LogP contribution is 2.58. The van der Waals surface area contributed by atoms with Crippen molar-refractivity contribution in [2.75, 3.05) is 14.2 Å². The maximum atomic E-state index is 12.8. The minimum absolute atomic E-state index is 0.304. The fraction of sp³-hybridized carbons (Fsp3) is 0.280. The summed E-state index contributed by atoms with van der Waals surface area (Å²) < 4.78 is 9.80. The van der Waals surface area contributed by atoms with Gasteiger partial charge in [-0.05, 0) is 18.1 Å². The molecule has 0 spiro atoms. The smallest absolute Gasteiger partial charge is 0.337 e. The highest BCUT2D eigenvalue weighted by atomic mass is 16.5. The number of nitrogens with zero attached hydrogens (tertiary/aromatic N) is 2. The number of aliphatic hydroxyl groups is 1. The third-order valence-corrected chi connectivity index (χ3v) is 5.94. The van der Waals surface area contributed by atoms with Crippen LogP contribution in [0.5, 0.6) is 0 Å². The van der Waals surface area contributed by atoms with E-state index in [1.54, 1.807) is 54.6 Å². The van der Waals surface area contributed by atoms with E-state index >= 15 is 0 Å². The van der Waals surface area contributed by atoms with E-state index in [1.807, 2.05) is 6.92 Å². The van der Waals surface area contributed by atoms with Crippen LogP contribution in [-0.2, 0) is 19.1 Å². The number of rotatable bonds is 4. The average molecular weight is 430 g/mol. The standard InChI is InChI=1S/C25H22N2O5/c1-15-9-11-17(12-10-15)21-19(24(30)32-3)22(28)18(23(29)31-2)20(25(21,13-26)14-27)16-7-5-4-6-8-16/h4-12,18,20-21,28H,1-3H3/t18-,20+,21+/m0/s1. The zero-order valence-electron chi connectivity index (χ0n) is 17.9. The topological polar surface area (TPSA) is 120 Å². The van der Waals surface area contributed by atoms with E-state index in [4.69, 9.17) is 9.47 Å². The van der Waals surface area contributed by atoms with E-state index < -0.39 is 40.9 Å². The number of carbonyl (C=O) groups is 2. The molecule has 3 atom stereocenters. The molecule has 0 bridgehead atoms. The van der Waals surface area contributed by atoms with E-state index in [2.05, 4.69) is 12.1 Å². The molecule has 2 aromatic rings. The highest BCUT2D eigenvalue weighted by molar-refractivity contribution is 5.94. The lowest BCUT2D eigenvalue weighted by Crippen LogP contribution is -2.47. The quantitative estimate of drug-likeness (QED) is 0.735. The monoisotopic (exact) mass is 430 g/mol. The fourth-order valence-electron chi connectivity index (χ4n) is 4.45. The number of methoxy groups -OCH3 is 2. The van der Waals surface area contributed by atoms with Crippen molar-refractivity contribution in [2.45, 2.75) is 18.8 Å². The Morgan fingerprint density at radius 2 is 1.53 bits per heavy atom. The lowest BCUT2D eigenvalue weighted by Gasteiger charge is -2.44. The number of benzene rings is 2. The first-order valence-electron chi connectivity index (χ1n) is 9.89. The molecule has 0 saturated carbocycles. The van der Waals surface area contributed by atoms with Gasteiger partial charge in [0.2, 0.25) is 0 Å². The molecule has 162 valence electrons. The maximum Gasteiger partial charge on any atom is 0.337 e. The molecule has 7 nitrogen and oxygen atoms in total. The lowest BCUT2D eigenvalue weighted by atomic mass is 9.54. The van der Waals surface area contributed by atoms with Crippen molar-refractivity contribution in [2.24, 2.45) is 11.3 Å². The molecular weight excluding hydrogens is 408 g/mol. The van der Waals surface area contributed by atoms with Crippen LogP contribution >= 0.6 is 0 Å². The zero-order valence-corrected chi connectivity index (χ0v) is 17.9. The van der Waals surface area contributed by atoms with Gasteiger partial charge in [0.05, 0.1) is 37.8 Å². The molecule has 1 aliphatic carbocycles. The Bertz CT molecular complexity index is 1130. The van der Waals surface area contributed by atoms with Crippen LogP contribution in [0.15, 0.2) is 65.9 Å². The predicted molar refractivity (Wildman–Crippen MR) is 114 cm³/mol. The Morgan fingerprint density at radius 3 is 2.03 bits per heavy atom. The Hall–Kier alpha value is -4.10. The van der Waals surface area contributed by atoms with E-state index in [-0.39, 0.29) is 5.57 Å². The van der Waals surface area contributed by atoms with Gasteiger partial charge in [-0.15, -0.1) is 0 Å². The number of nitriles is 2. The number of hydrogen-bond acceptors (Lipinski definition) is 7. The van der Waals surface area contributed by atoms with Gasteiger partial charge >= 0.3 is 11.9 Å².